The smallest absolute Gasteiger partial charge is 0.237 e. The van der Waals surface area contributed by atoms with Crippen LogP contribution >= 0.6 is 0 Å². The fourth-order valence-electron chi connectivity index (χ4n) is 2.97. The van der Waals surface area contributed by atoms with Crippen LogP contribution in [-0.4, -0.2) is 51.0 Å². The lowest BCUT2D eigenvalue weighted by Gasteiger charge is -2.38. The van der Waals surface area contributed by atoms with Crippen molar-refractivity contribution in [3.05, 3.63) is 0 Å². The van der Waals surface area contributed by atoms with Gasteiger partial charge in [0.2, 0.25) is 5.91 Å². The van der Waals surface area contributed by atoms with E-state index in [-0.39, 0.29) is 23.0 Å². The Hall–Kier alpha value is -0.650. The molecule has 19 heavy (non-hydrogen) atoms. The summed E-state index contributed by atoms with van der Waals surface area (Å²) in [6, 6.07) is -0.113. The summed E-state index contributed by atoms with van der Waals surface area (Å²) in [4.78, 5) is 12.4. The summed E-state index contributed by atoms with van der Waals surface area (Å²) in [5.41, 5.74) is -0.330. The number of carbonyl (C=O) groups is 1. The van der Waals surface area contributed by atoms with Crippen molar-refractivity contribution in [2.75, 3.05) is 33.4 Å². The summed E-state index contributed by atoms with van der Waals surface area (Å²) in [5, 5.41) is 6.37. The van der Waals surface area contributed by atoms with Gasteiger partial charge in [0.05, 0.1) is 12.6 Å². The van der Waals surface area contributed by atoms with Crippen LogP contribution in [-0.2, 0) is 14.3 Å². The van der Waals surface area contributed by atoms with E-state index in [9.17, 15) is 4.79 Å². The van der Waals surface area contributed by atoms with Crippen molar-refractivity contribution in [3.63, 3.8) is 0 Å². The van der Waals surface area contributed by atoms with E-state index < -0.39 is 0 Å². The summed E-state index contributed by atoms with van der Waals surface area (Å²) in [6.07, 6.45) is 3.05. The quantitative estimate of drug-likeness (QED) is 0.789. The third kappa shape index (κ3) is 3.27. The third-order valence-corrected chi connectivity index (χ3v) is 4.47. The van der Waals surface area contributed by atoms with Crippen LogP contribution in [0, 0.1) is 5.41 Å². The van der Waals surface area contributed by atoms with Gasteiger partial charge in [-0.15, -0.1) is 0 Å². The van der Waals surface area contributed by atoms with Crippen molar-refractivity contribution in [3.8, 4) is 0 Å². The van der Waals surface area contributed by atoms with Gasteiger partial charge in [0.15, 0.2) is 0 Å². The molecule has 5 heteroatoms. The molecule has 2 aliphatic heterocycles. The number of carbonyl (C=O) groups excluding carboxylic acids is 1. The highest BCUT2D eigenvalue weighted by atomic mass is 16.5. The first-order valence-electron chi connectivity index (χ1n) is 7.13. The van der Waals surface area contributed by atoms with Gasteiger partial charge in [0, 0.05) is 26.7 Å². The lowest BCUT2D eigenvalue weighted by molar-refractivity contribution is -0.128. The molecule has 2 atom stereocenters. The Balaban J connectivity index is 1.90. The normalized spacial score (nSPS) is 34.2. The minimum absolute atomic E-state index is 0.00868. The highest BCUT2D eigenvalue weighted by Gasteiger charge is 2.39. The van der Waals surface area contributed by atoms with Crippen LogP contribution in [0.2, 0.25) is 0 Å². The Morgan fingerprint density at radius 2 is 2.26 bits per heavy atom. The Labute approximate surface area is 115 Å². The minimum Gasteiger partial charge on any atom is -0.378 e. The maximum atomic E-state index is 12.4. The summed E-state index contributed by atoms with van der Waals surface area (Å²) in [5.74, 6) is 0.0769. The SMILES string of the molecule is COC1(CNC(=O)C2NCCCC2(C)C)CCOC1. The molecule has 0 bridgehead atoms. The van der Waals surface area contributed by atoms with Gasteiger partial charge in [0.25, 0.3) is 0 Å². The van der Waals surface area contributed by atoms with Crippen LogP contribution in [0.15, 0.2) is 0 Å². The molecule has 0 radical (unpaired) electrons. The van der Waals surface area contributed by atoms with E-state index in [0.717, 1.165) is 25.8 Å². The average Bonchev–Trinajstić information content (AvgIpc) is 2.85. The highest BCUT2D eigenvalue weighted by Crippen LogP contribution is 2.30. The molecular weight excluding hydrogens is 244 g/mol. The van der Waals surface area contributed by atoms with Crippen molar-refractivity contribution in [1.29, 1.82) is 0 Å². The topological polar surface area (TPSA) is 59.6 Å². The first-order valence-corrected chi connectivity index (χ1v) is 7.13. The van der Waals surface area contributed by atoms with Crippen molar-refractivity contribution < 1.29 is 14.3 Å². The largest absolute Gasteiger partial charge is 0.378 e. The second kappa shape index (κ2) is 5.77. The minimum atomic E-state index is -0.339. The second-order valence-electron chi connectivity index (χ2n) is 6.39. The van der Waals surface area contributed by atoms with E-state index in [4.69, 9.17) is 9.47 Å². The van der Waals surface area contributed by atoms with E-state index in [1.807, 2.05) is 0 Å². The molecule has 0 spiro atoms. The van der Waals surface area contributed by atoms with Crippen LogP contribution in [0.5, 0.6) is 0 Å². The average molecular weight is 270 g/mol. The summed E-state index contributed by atoms with van der Waals surface area (Å²) >= 11 is 0. The molecule has 0 saturated carbocycles. The van der Waals surface area contributed by atoms with Crippen molar-refractivity contribution in [2.24, 2.45) is 5.41 Å². The maximum absolute atomic E-state index is 12.4. The molecule has 1 amide bonds. The summed E-state index contributed by atoms with van der Waals surface area (Å²) in [7, 11) is 1.68. The first-order chi connectivity index (χ1) is 8.99. The lowest BCUT2D eigenvalue weighted by atomic mass is 9.77. The van der Waals surface area contributed by atoms with Gasteiger partial charge in [-0.05, 0) is 24.8 Å². The van der Waals surface area contributed by atoms with E-state index in [2.05, 4.69) is 24.5 Å². The van der Waals surface area contributed by atoms with Gasteiger partial charge >= 0.3 is 0 Å². The van der Waals surface area contributed by atoms with Crippen LogP contribution in [0.25, 0.3) is 0 Å². The van der Waals surface area contributed by atoms with E-state index in [1.54, 1.807) is 7.11 Å². The lowest BCUT2D eigenvalue weighted by Crippen LogP contribution is -2.57. The number of hydrogen-bond donors (Lipinski definition) is 2. The zero-order chi connectivity index (χ0) is 13.9. The van der Waals surface area contributed by atoms with Crippen molar-refractivity contribution in [2.45, 2.75) is 44.8 Å². The molecular formula is C14H26N2O3. The molecule has 0 aromatic rings. The Morgan fingerprint density at radius 3 is 2.84 bits per heavy atom. The van der Waals surface area contributed by atoms with Crippen molar-refractivity contribution >= 4 is 5.91 Å². The Morgan fingerprint density at radius 1 is 1.47 bits per heavy atom. The van der Waals surface area contributed by atoms with Gasteiger partial charge in [-0.1, -0.05) is 13.8 Å². The van der Waals surface area contributed by atoms with Gasteiger partial charge in [-0.25, -0.2) is 0 Å². The van der Waals surface area contributed by atoms with E-state index in [0.29, 0.717) is 19.8 Å². The van der Waals surface area contributed by atoms with Gasteiger partial charge < -0.3 is 20.1 Å². The molecule has 2 N–H and O–H groups in total. The second-order valence-corrected chi connectivity index (χ2v) is 6.39. The number of rotatable bonds is 4. The molecule has 0 aromatic carbocycles. The fourth-order valence-corrected chi connectivity index (χ4v) is 2.97. The molecule has 0 aliphatic carbocycles. The number of nitrogens with one attached hydrogen (secondary N) is 2. The molecule has 2 fully saturated rings. The molecule has 0 aromatic heterocycles. The molecule has 2 aliphatic rings. The predicted octanol–water partition coefficient (Wildman–Crippen LogP) is 0.686. The molecule has 2 rings (SSSR count). The summed E-state index contributed by atoms with van der Waals surface area (Å²) in [6.45, 7) is 7.00. The van der Waals surface area contributed by atoms with E-state index >= 15 is 0 Å². The molecule has 5 nitrogen and oxygen atoms in total. The number of ether oxygens (including phenoxy) is 2. The van der Waals surface area contributed by atoms with Gasteiger partial charge in [-0.3, -0.25) is 4.79 Å². The first kappa shape index (κ1) is 14.8. The maximum Gasteiger partial charge on any atom is 0.237 e. The van der Waals surface area contributed by atoms with Crippen LogP contribution < -0.4 is 10.6 Å². The number of hydrogen-bond acceptors (Lipinski definition) is 4. The molecule has 2 saturated heterocycles. The monoisotopic (exact) mass is 270 g/mol. The molecule has 2 unspecified atom stereocenters. The van der Waals surface area contributed by atoms with Crippen LogP contribution in [0.4, 0.5) is 0 Å². The van der Waals surface area contributed by atoms with E-state index in [1.165, 1.54) is 0 Å². The van der Waals surface area contributed by atoms with Gasteiger partial charge in [-0.2, -0.15) is 0 Å². The molecule has 110 valence electrons. The Kier molecular flexibility index (Phi) is 4.48. The molecule has 2 heterocycles. The highest BCUT2D eigenvalue weighted by molar-refractivity contribution is 5.82. The zero-order valence-corrected chi connectivity index (χ0v) is 12.3. The Bertz CT molecular complexity index is 325. The standard InChI is InChI=1S/C14H26N2O3/c1-13(2)5-4-7-15-11(13)12(17)16-9-14(18-3)6-8-19-10-14/h11,15H,4-10H2,1-3H3,(H,16,17). The number of methoxy groups -OCH3 is 1. The third-order valence-electron chi connectivity index (χ3n) is 4.47. The van der Waals surface area contributed by atoms with Crippen LogP contribution in [0.3, 0.4) is 0 Å². The summed E-state index contributed by atoms with van der Waals surface area (Å²) < 4.78 is 10.9. The van der Waals surface area contributed by atoms with Crippen molar-refractivity contribution in [1.82, 2.24) is 10.6 Å². The predicted molar refractivity (Wildman–Crippen MR) is 73.0 cm³/mol. The fraction of sp³-hybridized carbons (Fsp3) is 0.929. The van der Waals surface area contributed by atoms with Crippen LogP contribution in [0.1, 0.15) is 33.1 Å². The number of piperidine rings is 1. The zero-order valence-electron chi connectivity index (χ0n) is 12.3. The van der Waals surface area contributed by atoms with Gasteiger partial charge in [0.1, 0.15) is 5.60 Å². The number of amides is 1.